The first kappa shape index (κ1) is 27.9. The summed E-state index contributed by atoms with van der Waals surface area (Å²) in [5.74, 6) is -5.66. The van der Waals surface area contributed by atoms with Crippen LogP contribution in [-0.2, 0) is 24.0 Å². The topological polar surface area (TPSA) is 252 Å². The number of nitrogens with two attached hydrogens (primary N) is 3. The Bertz CT molecular complexity index is 698. The summed E-state index contributed by atoms with van der Waals surface area (Å²) in [6.45, 7) is 1.46. The molecule has 15 heteroatoms. The van der Waals surface area contributed by atoms with E-state index in [1.807, 2.05) is 0 Å². The number of nitrogens with zero attached hydrogens (tertiary/aromatic N) is 1. The Labute approximate surface area is 183 Å². The monoisotopic (exact) mass is 463 g/mol. The Morgan fingerprint density at radius 2 is 1.45 bits per heavy atom. The predicted octanol–water partition coefficient (Wildman–Crippen LogP) is -3.67. The van der Waals surface area contributed by atoms with Crippen molar-refractivity contribution in [2.75, 3.05) is 12.3 Å². The number of carboxylic acid groups (broad SMARTS) is 2. The van der Waals surface area contributed by atoms with Crippen molar-refractivity contribution in [1.29, 1.82) is 0 Å². The highest BCUT2D eigenvalue weighted by molar-refractivity contribution is 7.80. The van der Waals surface area contributed by atoms with Gasteiger partial charge >= 0.3 is 11.9 Å². The van der Waals surface area contributed by atoms with Gasteiger partial charge in [-0.25, -0.2) is 4.79 Å². The molecule has 0 bridgehead atoms. The molecule has 0 spiro atoms. The molecule has 0 aromatic heterocycles. The number of nitrogens with one attached hydrogen (secondary N) is 3. The summed E-state index contributed by atoms with van der Waals surface area (Å²) in [5, 5.41) is 24.8. The van der Waals surface area contributed by atoms with Gasteiger partial charge < -0.3 is 43.4 Å². The highest BCUT2D eigenvalue weighted by atomic mass is 32.1. The molecule has 4 unspecified atom stereocenters. The van der Waals surface area contributed by atoms with Gasteiger partial charge in [0.05, 0.1) is 12.5 Å². The number of hydrogen-bond acceptors (Lipinski definition) is 8. The summed E-state index contributed by atoms with van der Waals surface area (Å²) in [4.78, 5) is 62.8. The molecule has 14 nitrogen and oxygen atoms in total. The fourth-order valence-electron chi connectivity index (χ4n) is 2.19. The smallest absolute Gasteiger partial charge is 0.327 e. The van der Waals surface area contributed by atoms with Gasteiger partial charge in [0, 0.05) is 12.3 Å². The van der Waals surface area contributed by atoms with Crippen molar-refractivity contribution in [1.82, 2.24) is 16.0 Å². The lowest BCUT2D eigenvalue weighted by Crippen LogP contribution is -2.57. The van der Waals surface area contributed by atoms with Gasteiger partial charge in [-0.2, -0.15) is 12.6 Å². The molecule has 4 atom stereocenters. The number of guanidine groups is 1. The van der Waals surface area contributed by atoms with Gasteiger partial charge in [-0.3, -0.25) is 24.2 Å². The first-order valence-corrected chi connectivity index (χ1v) is 9.79. The van der Waals surface area contributed by atoms with Crippen molar-refractivity contribution >= 4 is 48.2 Å². The molecule has 0 fully saturated rings. The van der Waals surface area contributed by atoms with Crippen LogP contribution < -0.4 is 33.2 Å². The number of carbonyl (C=O) groups excluding carboxylic acids is 3. The van der Waals surface area contributed by atoms with Gasteiger partial charge in [0.15, 0.2) is 5.96 Å². The first-order chi connectivity index (χ1) is 14.4. The van der Waals surface area contributed by atoms with E-state index in [1.165, 1.54) is 6.92 Å². The van der Waals surface area contributed by atoms with Crippen LogP contribution in [0.4, 0.5) is 0 Å². The number of thiol groups is 1. The van der Waals surface area contributed by atoms with Crippen LogP contribution in [0.1, 0.15) is 26.2 Å². The van der Waals surface area contributed by atoms with Crippen molar-refractivity contribution in [3.05, 3.63) is 0 Å². The van der Waals surface area contributed by atoms with Crippen molar-refractivity contribution in [2.45, 2.75) is 50.4 Å². The Balaban J connectivity index is 5.45. The average molecular weight is 464 g/mol. The Hall–Kier alpha value is -3.07. The van der Waals surface area contributed by atoms with E-state index in [0.29, 0.717) is 0 Å². The van der Waals surface area contributed by atoms with Gasteiger partial charge in [0.1, 0.15) is 18.1 Å². The third-order valence-corrected chi connectivity index (χ3v) is 4.17. The van der Waals surface area contributed by atoms with Crippen molar-refractivity contribution in [3.63, 3.8) is 0 Å². The zero-order valence-corrected chi connectivity index (χ0v) is 17.8. The quantitative estimate of drug-likeness (QED) is 0.0528. The number of hydrogen-bond donors (Lipinski definition) is 9. The van der Waals surface area contributed by atoms with Gasteiger partial charge in [-0.05, 0) is 19.8 Å². The van der Waals surface area contributed by atoms with Gasteiger partial charge in [-0.1, -0.05) is 0 Å². The molecule has 3 amide bonds. The van der Waals surface area contributed by atoms with E-state index in [-0.39, 0.29) is 31.1 Å². The van der Waals surface area contributed by atoms with Crippen LogP contribution in [0.25, 0.3) is 0 Å². The average Bonchev–Trinajstić information content (AvgIpc) is 2.66. The third-order valence-electron chi connectivity index (χ3n) is 3.80. The minimum absolute atomic E-state index is 0.00566. The van der Waals surface area contributed by atoms with Crippen LogP contribution in [0.2, 0.25) is 0 Å². The molecule has 31 heavy (non-hydrogen) atoms. The van der Waals surface area contributed by atoms with Crippen molar-refractivity contribution in [3.8, 4) is 0 Å². The lowest BCUT2D eigenvalue weighted by molar-refractivity contribution is -0.142. The molecular formula is C16H29N7O7S. The Morgan fingerprint density at radius 3 is 1.90 bits per heavy atom. The van der Waals surface area contributed by atoms with Crippen LogP contribution >= 0.6 is 12.6 Å². The Kier molecular flexibility index (Phi) is 12.6. The number of aliphatic carboxylic acids is 2. The van der Waals surface area contributed by atoms with E-state index < -0.39 is 60.2 Å². The largest absolute Gasteiger partial charge is 0.481 e. The molecule has 0 saturated carbocycles. The molecule has 0 radical (unpaired) electrons. The van der Waals surface area contributed by atoms with Crippen LogP contribution in [0.15, 0.2) is 4.99 Å². The van der Waals surface area contributed by atoms with E-state index >= 15 is 0 Å². The fraction of sp³-hybridized carbons (Fsp3) is 0.625. The molecule has 0 aromatic rings. The summed E-state index contributed by atoms with van der Waals surface area (Å²) in [6, 6.07) is -5.09. The summed E-state index contributed by atoms with van der Waals surface area (Å²) in [6.07, 6.45) is -0.542. The number of carboxylic acids is 2. The zero-order valence-electron chi connectivity index (χ0n) is 16.9. The number of rotatable bonds is 14. The summed E-state index contributed by atoms with van der Waals surface area (Å²) in [7, 11) is 0. The molecule has 0 rings (SSSR count). The van der Waals surface area contributed by atoms with Gasteiger partial charge in [0.2, 0.25) is 17.7 Å². The SMILES string of the molecule is CC(N)C(=O)NC(CC(=O)O)C(=O)NC(CCCN=C(N)N)C(=O)NC(CS)C(=O)O. The van der Waals surface area contributed by atoms with Gasteiger partial charge in [0.25, 0.3) is 0 Å². The minimum atomic E-state index is -1.51. The first-order valence-electron chi connectivity index (χ1n) is 9.16. The molecule has 176 valence electrons. The van der Waals surface area contributed by atoms with E-state index in [1.54, 1.807) is 0 Å². The van der Waals surface area contributed by atoms with E-state index in [9.17, 15) is 24.0 Å². The van der Waals surface area contributed by atoms with Gasteiger partial charge in [-0.15, -0.1) is 0 Å². The summed E-state index contributed by atoms with van der Waals surface area (Å²) < 4.78 is 0. The lowest BCUT2D eigenvalue weighted by atomic mass is 10.1. The molecule has 0 aliphatic carbocycles. The maximum Gasteiger partial charge on any atom is 0.327 e. The highest BCUT2D eigenvalue weighted by Gasteiger charge is 2.30. The second kappa shape index (κ2) is 14.0. The molecule has 0 aliphatic rings. The summed E-state index contributed by atoms with van der Waals surface area (Å²) in [5.41, 5.74) is 15.9. The number of aliphatic imine (C=N–C) groups is 1. The van der Waals surface area contributed by atoms with Crippen LogP contribution in [0, 0.1) is 0 Å². The van der Waals surface area contributed by atoms with E-state index in [4.69, 9.17) is 27.4 Å². The number of carbonyl (C=O) groups is 5. The maximum absolute atomic E-state index is 12.6. The van der Waals surface area contributed by atoms with Crippen LogP contribution in [0.5, 0.6) is 0 Å². The van der Waals surface area contributed by atoms with E-state index in [2.05, 4.69) is 33.6 Å². The van der Waals surface area contributed by atoms with Crippen LogP contribution in [-0.4, -0.2) is 82.3 Å². The molecule has 11 N–H and O–H groups in total. The molecule has 0 aromatic carbocycles. The van der Waals surface area contributed by atoms with Crippen molar-refractivity contribution < 1.29 is 34.2 Å². The Morgan fingerprint density at radius 1 is 0.935 bits per heavy atom. The molecule has 0 aliphatic heterocycles. The summed E-state index contributed by atoms with van der Waals surface area (Å²) >= 11 is 3.85. The zero-order chi connectivity index (χ0) is 24.1. The fourth-order valence-corrected chi connectivity index (χ4v) is 2.44. The third kappa shape index (κ3) is 11.6. The molecule has 0 heterocycles. The highest BCUT2D eigenvalue weighted by Crippen LogP contribution is 2.03. The predicted molar refractivity (Wildman–Crippen MR) is 113 cm³/mol. The second-order valence-corrected chi connectivity index (χ2v) is 6.90. The van der Waals surface area contributed by atoms with Crippen molar-refractivity contribution in [2.24, 2.45) is 22.2 Å². The maximum atomic E-state index is 12.6. The van der Waals surface area contributed by atoms with Crippen LogP contribution in [0.3, 0.4) is 0 Å². The normalized spacial score (nSPS) is 14.3. The second-order valence-electron chi connectivity index (χ2n) is 6.54. The number of amides is 3. The van der Waals surface area contributed by atoms with E-state index in [0.717, 1.165) is 0 Å². The molecule has 0 saturated heterocycles. The lowest BCUT2D eigenvalue weighted by Gasteiger charge is -2.24. The standard InChI is InChI=1S/C16H29N7O7S/c1-7(17)12(26)22-9(5-11(24)25)14(28)21-8(3-2-4-20-16(18)19)13(27)23-10(6-31)15(29)30/h7-10,31H,2-6,17H2,1H3,(H,21,28)(H,22,26)(H,23,27)(H,24,25)(H,29,30)(H4,18,19,20). The minimum Gasteiger partial charge on any atom is -0.481 e. The molecular weight excluding hydrogens is 434 g/mol.